The number of H-pyrrole nitrogens is 1. The van der Waals surface area contributed by atoms with Crippen molar-refractivity contribution < 1.29 is 14.3 Å². The first-order valence-electron chi connectivity index (χ1n) is 4.26. The molecule has 5 heteroatoms. The average Bonchev–Trinajstić information content (AvgIpc) is 2.52. The molecule has 0 saturated heterocycles. The van der Waals surface area contributed by atoms with E-state index >= 15 is 0 Å². The van der Waals surface area contributed by atoms with Gasteiger partial charge in [0.1, 0.15) is 5.69 Å². The van der Waals surface area contributed by atoms with Gasteiger partial charge >= 0.3 is 5.97 Å². The van der Waals surface area contributed by atoms with Crippen LogP contribution in [0.25, 0.3) is 0 Å². The summed E-state index contributed by atoms with van der Waals surface area (Å²) in [6.07, 6.45) is 1.54. The first-order valence-corrected chi connectivity index (χ1v) is 4.26. The second-order valence-electron chi connectivity index (χ2n) is 2.70. The Balaban J connectivity index is 2.67. The van der Waals surface area contributed by atoms with E-state index in [1.165, 1.54) is 19.2 Å². The number of esters is 1. The first kappa shape index (κ1) is 10.3. The van der Waals surface area contributed by atoms with Crippen LogP contribution in [0.5, 0.6) is 0 Å². The highest BCUT2D eigenvalue weighted by molar-refractivity contribution is 5.92. The van der Waals surface area contributed by atoms with Crippen molar-refractivity contribution in [2.24, 2.45) is 0 Å². The molecule has 1 rings (SSSR count). The Morgan fingerprint density at radius 1 is 1.57 bits per heavy atom. The van der Waals surface area contributed by atoms with E-state index in [0.29, 0.717) is 18.0 Å². The summed E-state index contributed by atoms with van der Waals surface area (Å²) in [7, 11) is 0. The highest BCUT2D eigenvalue weighted by Gasteiger charge is 2.09. The minimum Gasteiger partial charge on any atom is -0.461 e. The molecule has 0 aromatic carbocycles. The van der Waals surface area contributed by atoms with Crippen LogP contribution >= 0.6 is 0 Å². The van der Waals surface area contributed by atoms with E-state index in [1.54, 1.807) is 6.92 Å². The quantitative estimate of drug-likeness (QED) is 0.712. The van der Waals surface area contributed by atoms with Crippen molar-refractivity contribution in [1.29, 1.82) is 0 Å². The van der Waals surface area contributed by atoms with Crippen molar-refractivity contribution in [3.05, 3.63) is 18.0 Å². The normalized spacial score (nSPS) is 9.57. The van der Waals surface area contributed by atoms with Crippen molar-refractivity contribution in [2.75, 3.05) is 11.9 Å². The highest BCUT2D eigenvalue weighted by atomic mass is 16.5. The standard InChI is InChI=1S/C9H12N2O3/c1-3-14-9(13)8-4-7(5-10-8)11-6(2)12/h4-5,10H,3H2,1-2H3,(H,11,12). The third kappa shape index (κ3) is 2.62. The molecule has 0 bridgehead atoms. The predicted octanol–water partition coefficient (Wildman–Crippen LogP) is 1.15. The van der Waals surface area contributed by atoms with Gasteiger partial charge in [-0.3, -0.25) is 4.79 Å². The van der Waals surface area contributed by atoms with Crippen LogP contribution in [-0.4, -0.2) is 23.5 Å². The molecule has 2 N–H and O–H groups in total. The molecule has 14 heavy (non-hydrogen) atoms. The van der Waals surface area contributed by atoms with Crippen molar-refractivity contribution in [2.45, 2.75) is 13.8 Å². The van der Waals surface area contributed by atoms with Gasteiger partial charge in [-0.2, -0.15) is 0 Å². The molecule has 5 nitrogen and oxygen atoms in total. The van der Waals surface area contributed by atoms with Crippen LogP contribution in [0.2, 0.25) is 0 Å². The molecule has 1 heterocycles. The van der Waals surface area contributed by atoms with Crippen LogP contribution < -0.4 is 5.32 Å². The van der Waals surface area contributed by atoms with Gasteiger partial charge in [0, 0.05) is 13.1 Å². The molecule has 0 fully saturated rings. The van der Waals surface area contributed by atoms with Gasteiger partial charge in [0.2, 0.25) is 5.91 Å². The van der Waals surface area contributed by atoms with Gasteiger partial charge in [0.25, 0.3) is 0 Å². The summed E-state index contributed by atoms with van der Waals surface area (Å²) in [5.74, 6) is -0.608. The zero-order valence-electron chi connectivity index (χ0n) is 8.09. The minimum atomic E-state index is -0.427. The summed E-state index contributed by atoms with van der Waals surface area (Å²) in [5.41, 5.74) is 0.885. The Bertz CT molecular complexity index is 344. The number of carbonyl (C=O) groups is 2. The maximum absolute atomic E-state index is 11.2. The number of hydrogen-bond acceptors (Lipinski definition) is 3. The molecule has 1 aromatic rings. The van der Waals surface area contributed by atoms with Crippen molar-refractivity contribution in [1.82, 2.24) is 4.98 Å². The summed E-state index contributed by atoms with van der Waals surface area (Å²) >= 11 is 0. The number of aromatic amines is 1. The number of aromatic nitrogens is 1. The van der Waals surface area contributed by atoms with Crippen LogP contribution in [0.1, 0.15) is 24.3 Å². The number of ether oxygens (including phenoxy) is 1. The molecule has 0 unspecified atom stereocenters. The van der Waals surface area contributed by atoms with Gasteiger partial charge < -0.3 is 15.0 Å². The van der Waals surface area contributed by atoms with E-state index in [2.05, 4.69) is 10.3 Å². The van der Waals surface area contributed by atoms with Crippen molar-refractivity contribution in [3.63, 3.8) is 0 Å². The second-order valence-corrected chi connectivity index (χ2v) is 2.70. The minimum absolute atomic E-state index is 0.181. The zero-order chi connectivity index (χ0) is 10.6. The first-order chi connectivity index (χ1) is 6.63. The van der Waals surface area contributed by atoms with Crippen molar-refractivity contribution >= 4 is 17.6 Å². The maximum Gasteiger partial charge on any atom is 0.354 e. The highest BCUT2D eigenvalue weighted by Crippen LogP contribution is 2.10. The Labute approximate surface area is 81.5 Å². The Morgan fingerprint density at radius 3 is 2.86 bits per heavy atom. The molecule has 0 aliphatic rings. The predicted molar refractivity (Wildman–Crippen MR) is 51.1 cm³/mol. The van der Waals surface area contributed by atoms with Crippen LogP contribution in [-0.2, 0) is 9.53 Å². The van der Waals surface area contributed by atoms with Gasteiger partial charge in [-0.15, -0.1) is 0 Å². The lowest BCUT2D eigenvalue weighted by Gasteiger charge is -1.97. The lowest BCUT2D eigenvalue weighted by Crippen LogP contribution is -2.05. The van der Waals surface area contributed by atoms with E-state index in [-0.39, 0.29) is 5.91 Å². The van der Waals surface area contributed by atoms with Crippen LogP contribution in [0.4, 0.5) is 5.69 Å². The third-order valence-corrected chi connectivity index (χ3v) is 1.50. The fourth-order valence-electron chi connectivity index (χ4n) is 0.996. The number of rotatable bonds is 3. The molecular formula is C9H12N2O3. The summed E-state index contributed by atoms with van der Waals surface area (Å²) in [6, 6.07) is 1.53. The van der Waals surface area contributed by atoms with Crippen LogP contribution in [0.3, 0.4) is 0 Å². The topological polar surface area (TPSA) is 71.2 Å². The largest absolute Gasteiger partial charge is 0.461 e. The lowest BCUT2D eigenvalue weighted by atomic mass is 10.4. The van der Waals surface area contributed by atoms with E-state index in [9.17, 15) is 9.59 Å². The summed E-state index contributed by atoms with van der Waals surface area (Å²) in [4.78, 5) is 24.6. The molecule has 0 spiro atoms. The molecular weight excluding hydrogens is 184 g/mol. The van der Waals surface area contributed by atoms with Gasteiger partial charge in [-0.1, -0.05) is 0 Å². The van der Waals surface area contributed by atoms with Gasteiger partial charge in [-0.05, 0) is 13.0 Å². The maximum atomic E-state index is 11.2. The van der Waals surface area contributed by atoms with E-state index < -0.39 is 5.97 Å². The zero-order valence-corrected chi connectivity index (χ0v) is 8.09. The van der Waals surface area contributed by atoms with Crippen LogP contribution in [0, 0.1) is 0 Å². The molecule has 0 saturated carbocycles. The van der Waals surface area contributed by atoms with E-state index in [0.717, 1.165) is 0 Å². The summed E-state index contributed by atoms with van der Waals surface area (Å²) in [6.45, 7) is 3.46. The molecule has 0 radical (unpaired) electrons. The number of amides is 1. The lowest BCUT2D eigenvalue weighted by molar-refractivity contribution is -0.114. The number of nitrogens with one attached hydrogen (secondary N) is 2. The van der Waals surface area contributed by atoms with Gasteiger partial charge in [0.15, 0.2) is 0 Å². The second kappa shape index (κ2) is 4.45. The number of carbonyl (C=O) groups excluding carboxylic acids is 2. The number of anilines is 1. The van der Waals surface area contributed by atoms with Crippen LogP contribution in [0.15, 0.2) is 12.3 Å². The van der Waals surface area contributed by atoms with E-state index in [4.69, 9.17) is 4.74 Å². The SMILES string of the molecule is CCOC(=O)c1cc(NC(C)=O)c[nH]1. The Morgan fingerprint density at radius 2 is 2.29 bits per heavy atom. The molecule has 76 valence electrons. The Hall–Kier alpha value is -1.78. The molecule has 0 atom stereocenters. The summed E-state index contributed by atoms with van der Waals surface area (Å²) < 4.78 is 4.76. The van der Waals surface area contributed by atoms with Gasteiger partial charge in [0.05, 0.1) is 12.3 Å². The fraction of sp³-hybridized carbons (Fsp3) is 0.333. The van der Waals surface area contributed by atoms with Crippen molar-refractivity contribution in [3.8, 4) is 0 Å². The smallest absolute Gasteiger partial charge is 0.354 e. The fourth-order valence-corrected chi connectivity index (χ4v) is 0.996. The number of hydrogen-bond donors (Lipinski definition) is 2. The summed E-state index contributed by atoms with van der Waals surface area (Å²) in [5, 5.41) is 2.54. The monoisotopic (exact) mass is 196 g/mol. The van der Waals surface area contributed by atoms with E-state index in [1.807, 2.05) is 0 Å². The molecule has 1 amide bonds. The Kier molecular flexibility index (Phi) is 3.28. The molecule has 0 aliphatic carbocycles. The third-order valence-electron chi connectivity index (χ3n) is 1.50. The molecule has 0 aliphatic heterocycles. The van der Waals surface area contributed by atoms with Gasteiger partial charge in [-0.25, -0.2) is 4.79 Å². The molecule has 1 aromatic heterocycles. The average molecular weight is 196 g/mol.